The Kier molecular flexibility index (Phi) is 6.37. The third kappa shape index (κ3) is 3.74. The second kappa shape index (κ2) is 7.29. The van der Waals surface area contributed by atoms with Crippen LogP contribution in [-0.4, -0.2) is 30.6 Å². The monoisotopic (exact) mass is 226 g/mol. The largest absolute Gasteiger partial charge is 0.329 e. The molecule has 0 heterocycles. The van der Waals surface area contributed by atoms with Crippen LogP contribution in [0.1, 0.15) is 58.8 Å². The van der Waals surface area contributed by atoms with Gasteiger partial charge in [0.15, 0.2) is 0 Å². The summed E-state index contributed by atoms with van der Waals surface area (Å²) in [5.74, 6) is 0.850. The van der Waals surface area contributed by atoms with E-state index in [1.165, 1.54) is 44.9 Å². The predicted octanol–water partition coefficient (Wildman–Crippen LogP) is 3.01. The van der Waals surface area contributed by atoms with E-state index >= 15 is 0 Å². The highest BCUT2D eigenvalue weighted by Gasteiger charge is 2.27. The lowest BCUT2D eigenvalue weighted by molar-refractivity contribution is 0.109. The van der Waals surface area contributed by atoms with Crippen LogP contribution in [0.3, 0.4) is 0 Å². The second-order valence-corrected chi connectivity index (χ2v) is 5.50. The van der Waals surface area contributed by atoms with Crippen molar-refractivity contribution in [2.45, 2.75) is 70.9 Å². The van der Waals surface area contributed by atoms with Gasteiger partial charge < -0.3 is 5.73 Å². The summed E-state index contributed by atoms with van der Waals surface area (Å²) in [6, 6.07) is 1.29. The third-order valence-corrected chi connectivity index (χ3v) is 4.36. The molecule has 0 saturated heterocycles. The van der Waals surface area contributed by atoms with Crippen molar-refractivity contribution in [3.63, 3.8) is 0 Å². The highest BCUT2D eigenvalue weighted by atomic mass is 15.2. The van der Waals surface area contributed by atoms with Crippen molar-refractivity contribution in [1.82, 2.24) is 4.90 Å². The fraction of sp³-hybridized carbons (Fsp3) is 1.00. The van der Waals surface area contributed by atoms with E-state index in [0.717, 1.165) is 12.5 Å². The average Bonchev–Trinajstić information content (AvgIpc) is 2.31. The molecule has 1 saturated carbocycles. The molecule has 0 aromatic carbocycles. The molecule has 0 radical (unpaired) electrons. The van der Waals surface area contributed by atoms with Crippen LogP contribution in [0.25, 0.3) is 0 Å². The fourth-order valence-corrected chi connectivity index (χ4v) is 3.16. The molecular weight excluding hydrogens is 196 g/mol. The summed E-state index contributed by atoms with van der Waals surface area (Å²) < 4.78 is 0. The average molecular weight is 226 g/mol. The topological polar surface area (TPSA) is 29.3 Å². The van der Waals surface area contributed by atoms with Gasteiger partial charge in [-0.15, -0.1) is 0 Å². The molecule has 1 aliphatic carbocycles. The van der Waals surface area contributed by atoms with E-state index in [0.29, 0.717) is 12.1 Å². The van der Waals surface area contributed by atoms with Crippen molar-refractivity contribution in [1.29, 1.82) is 0 Å². The molecule has 1 fully saturated rings. The van der Waals surface area contributed by atoms with Crippen molar-refractivity contribution >= 4 is 0 Å². The first-order chi connectivity index (χ1) is 7.70. The Bertz CT molecular complexity index is 176. The van der Waals surface area contributed by atoms with Crippen LogP contribution in [-0.2, 0) is 0 Å². The zero-order chi connectivity index (χ0) is 12.0. The van der Waals surface area contributed by atoms with Gasteiger partial charge in [-0.05, 0) is 39.2 Å². The van der Waals surface area contributed by atoms with Gasteiger partial charge in [0.25, 0.3) is 0 Å². The van der Waals surface area contributed by atoms with Gasteiger partial charge in [0, 0.05) is 18.6 Å². The first-order valence-corrected chi connectivity index (χ1v) is 7.12. The minimum absolute atomic E-state index is 0.613. The van der Waals surface area contributed by atoms with Crippen LogP contribution >= 0.6 is 0 Å². The zero-order valence-electron chi connectivity index (χ0n) is 11.4. The molecule has 1 aliphatic rings. The van der Waals surface area contributed by atoms with Crippen LogP contribution in [0, 0.1) is 5.92 Å². The Morgan fingerprint density at radius 2 is 1.88 bits per heavy atom. The van der Waals surface area contributed by atoms with E-state index in [2.05, 4.69) is 25.8 Å². The van der Waals surface area contributed by atoms with Crippen molar-refractivity contribution in [3.05, 3.63) is 0 Å². The van der Waals surface area contributed by atoms with Gasteiger partial charge in [0.1, 0.15) is 0 Å². The van der Waals surface area contributed by atoms with Crippen LogP contribution in [0.4, 0.5) is 0 Å². The maximum atomic E-state index is 6.00. The van der Waals surface area contributed by atoms with Crippen LogP contribution in [0.2, 0.25) is 0 Å². The summed E-state index contributed by atoms with van der Waals surface area (Å²) in [6.07, 6.45) is 9.61. The van der Waals surface area contributed by atoms with E-state index < -0.39 is 0 Å². The van der Waals surface area contributed by atoms with Gasteiger partial charge in [-0.1, -0.05) is 32.6 Å². The van der Waals surface area contributed by atoms with Crippen molar-refractivity contribution in [2.75, 3.05) is 13.6 Å². The van der Waals surface area contributed by atoms with Gasteiger partial charge in [-0.25, -0.2) is 0 Å². The smallest absolute Gasteiger partial charge is 0.0246 e. The summed E-state index contributed by atoms with van der Waals surface area (Å²) in [4.78, 5) is 2.54. The Hall–Kier alpha value is -0.0800. The lowest BCUT2D eigenvalue weighted by Gasteiger charge is -2.39. The molecule has 1 rings (SSSR count). The normalized spacial score (nSPS) is 22.3. The molecule has 0 spiro atoms. The molecule has 16 heavy (non-hydrogen) atoms. The SMILES string of the molecule is CCCC(C)N(C)C(CN)C1CCCCC1. The van der Waals surface area contributed by atoms with E-state index in [4.69, 9.17) is 5.73 Å². The molecule has 0 amide bonds. The zero-order valence-corrected chi connectivity index (χ0v) is 11.4. The fourth-order valence-electron chi connectivity index (χ4n) is 3.16. The van der Waals surface area contributed by atoms with Gasteiger partial charge in [0.05, 0.1) is 0 Å². The first kappa shape index (κ1) is 14.0. The van der Waals surface area contributed by atoms with Crippen molar-refractivity contribution in [3.8, 4) is 0 Å². The van der Waals surface area contributed by atoms with E-state index in [1.54, 1.807) is 0 Å². The standard InChI is InChI=1S/C14H30N2/c1-4-8-12(2)16(3)14(11-15)13-9-6-5-7-10-13/h12-14H,4-11,15H2,1-3H3. The van der Waals surface area contributed by atoms with Crippen LogP contribution in [0.15, 0.2) is 0 Å². The Labute approximate surface area is 102 Å². The quantitative estimate of drug-likeness (QED) is 0.754. The molecule has 0 aromatic heterocycles. The molecule has 96 valence electrons. The highest BCUT2D eigenvalue weighted by molar-refractivity contribution is 4.83. The summed E-state index contributed by atoms with van der Waals surface area (Å²) in [5.41, 5.74) is 6.00. The van der Waals surface area contributed by atoms with Gasteiger partial charge in [0.2, 0.25) is 0 Å². The van der Waals surface area contributed by atoms with Gasteiger partial charge in [-0.3, -0.25) is 4.90 Å². The summed E-state index contributed by atoms with van der Waals surface area (Å²) >= 11 is 0. The Balaban J connectivity index is 2.50. The summed E-state index contributed by atoms with van der Waals surface area (Å²) in [7, 11) is 2.27. The highest BCUT2D eigenvalue weighted by Crippen LogP contribution is 2.29. The molecule has 2 atom stereocenters. The van der Waals surface area contributed by atoms with Crippen molar-refractivity contribution < 1.29 is 0 Å². The van der Waals surface area contributed by atoms with Crippen molar-refractivity contribution in [2.24, 2.45) is 11.7 Å². The molecule has 0 aliphatic heterocycles. The molecule has 2 unspecified atom stereocenters. The first-order valence-electron chi connectivity index (χ1n) is 7.12. The third-order valence-electron chi connectivity index (χ3n) is 4.36. The molecule has 2 nitrogen and oxygen atoms in total. The van der Waals surface area contributed by atoms with Gasteiger partial charge >= 0.3 is 0 Å². The van der Waals surface area contributed by atoms with E-state index in [1.807, 2.05) is 0 Å². The molecule has 0 aromatic rings. The number of likely N-dealkylation sites (N-methyl/N-ethyl adjacent to an activating group) is 1. The minimum atomic E-state index is 0.613. The lowest BCUT2D eigenvalue weighted by atomic mass is 9.83. The molecule has 2 N–H and O–H groups in total. The van der Waals surface area contributed by atoms with Crippen LogP contribution < -0.4 is 5.73 Å². The number of hydrogen-bond donors (Lipinski definition) is 1. The van der Waals surface area contributed by atoms with Crippen LogP contribution in [0.5, 0.6) is 0 Å². The van der Waals surface area contributed by atoms with E-state index in [-0.39, 0.29) is 0 Å². The lowest BCUT2D eigenvalue weighted by Crippen LogP contribution is -2.48. The molecule has 2 heteroatoms. The Morgan fingerprint density at radius 3 is 2.38 bits per heavy atom. The number of rotatable bonds is 6. The number of nitrogens with zero attached hydrogens (tertiary/aromatic N) is 1. The molecular formula is C14H30N2. The summed E-state index contributed by atoms with van der Waals surface area (Å²) in [5, 5.41) is 0. The maximum absolute atomic E-state index is 6.00. The number of nitrogens with two attached hydrogens (primary N) is 1. The van der Waals surface area contributed by atoms with Gasteiger partial charge in [-0.2, -0.15) is 0 Å². The maximum Gasteiger partial charge on any atom is 0.0246 e. The van der Waals surface area contributed by atoms with E-state index in [9.17, 15) is 0 Å². The second-order valence-electron chi connectivity index (χ2n) is 5.50. The Morgan fingerprint density at radius 1 is 1.25 bits per heavy atom. The molecule has 0 bridgehead atoms. The number of hydrogen-bond acceptors (Lipinski definition) is 2. The minimum Gasteiger partial charge on any atom is -0.329 e. The summed E-state index contributed by atoms with van der Waals surface area (Å²) in [6.45, 7) is 5.44. The predicted molar refractivity (Wildman–Crippen MR) is 71.6 cm³/mol.